The fraction of sp³-hybridized carbons (Fsp3) is 0.250. The van der Waals surface area contributed by atoms with Gasteiger partial charge in [-0.3, -0.25) is 4.79 Å². The van der Waals surface area contributed by atoms with E-state index in [1.54, 1.807) is 0 Å². The van der Waals surface area contributed by atoms with Gasteiger partial charge >= 0.3 is 0 Å². The lowest BCUT2D eigenvalue weighted by molar-refractivity contribution is -0.114. The Morgan fingerprint density at radius 3 is 2.87 bits per heavy atom. The molecule has 0 aromatic heterocycles. The van der Waals surface area contributed by atoms with Crippen LogP contribution in [0.1, 0.15) is 13.3 Å². The first-order valence-corrected chi connectivity index (χ1v) is 4.77. The van der Waals surface area contributed by atoms with Crippen LogP contribution in [0.15, 0.2) is 24.3 Å². The van der Waals surface area contributed by atoms with E-state index in [1.165, 1.54) is 6.92 Å². The van der Waals surface area contributed by atoms with Crippen LogP contribution in [0.25, 0.3) is 0 Å². The molecular formula is C12H14N2O. The number of carbonyl (C=O) groups excluding carboxylic acids is 1. The lowest BCUT2D eigenvalue weighted by atomic mass is 10.2. The zero-order chi connectivity index (χ0) is 11.1. The van der Waals surface area contributed by atoms with Crippen molar-refractivity contribution in [1.82, 2.24) is 0 Å². The van der Waals surface area contributed by atoms with Crippen molar-refractivity contribution in [2.75, 3.05) is 17.2 Å². The smallest absolute Gasteiger partial charge is 0.221 e. The molecule has 0 bridgehead atoms. The third-order valence-electron chi connectivity index (χ3n) is 1.78. The largest absolute Gasteiger partial charge is 0.384 e. The Kier molecular flexibility index (Phi) is 4.24. The van der Waals surface area contributed by atoms with Gasteiger partial charge in [-0.2, -0.15) is 0 Å². The minimum atomic E-state index is -0.0734. The molecule has 0 atom stereocenters. The summed E-state index contributed by atoms with van der Waals surface area (Å²) in [6.45, 7) is 2.22. The van der Waals surface area contributed by atoms with Crippen molar-refractivity contribution >= 4 is 17.3 Å². The number of nitrogens with one attached hydrogen (secondary N) is 2. The molecule has 0 radical (unpaired) electrons. The molecule has 0 aliphatic heterocycles. The van der Waals surface area contributed by atoms with Crippen molar-refractivity contribution in [3.8, 4) is 12.3 Å². The Morgan fingerprint density at radius 1 is 1.47 bits per heavy atom. The summed E-state index contributed by atoms with van der Waals surface area (Å²) < 4.78 is 0. The first-order valence-electron chi connectivity index (χ1n) is 4.77. The maximum absolute atomic E-state index is 10.8. The highest BCUT2D eigenvalue weighted by Gasteiger charge is 1.96. The second-order valence-electron chi connectivity index (χ2n) is 3.14. The van der Waals surface area contributed by atoms with Crippen LogP contribution in [-0.4, -0.2) is 12.5 Å². The van der Waals surface area contributed by atoms with Gasteiger partial charge in [0.05, 0.1) is 0 Å². The first kappa shape index (κ1) is 11.1. The average Bonchev–Trinajstić information content (AvgIpc) is 2.18. The van der Waals surface area contributed by atoms with Crippen molar-refractivity contribution in [2.45, 2.75) is 13.3 Å². The number of hydrogen-bond acceptors (Lipinski definition) is 2. The van der Waals surface area contributed by atoms with Crippen LogP contribution in [0.4, 0.5) is 11.4 Å². The monoisotopic (exact) mass is 202 g/mol. The molecule has 78 valence electrons. The molecule has 3 nitrogen and oxygen atoms in total. The van der Waals surface area contributed by atoms with E-state index in [0.29, 0.717) is 6.42 Å². The molecule has 15 heavy (non-hydrogen) atoms. The van der Waals surface area contributed by atoms with Crippen molar-refractivity contribution in [2.24, 2.45) is 0 Å². The fourth-order valence-electron chi connectivity index (χ4n) is 1.19. The highest BCUT2D eigenvalue weighted by atomic mass is 16.1. The number of amides is 1. The van der Waals surface area contributed by atoms with Gasteiger partial charge in [-0.25, -0.2) is 0 Å². The molecule has 0 aliphatic rings. The topological polar surface area (TPSA) is 41.1 Å². The van der Waals surface area contributed by atoms with Crippen LogP contribution in [-0.2, 0) is 4.79 Å². The lowest BCUT2D eigenvalue weighted by Gasteiger charge is -2.07. The summed E-state index contributed by atoms with van der Waals surface area (Å²) in [7, 11) is 0. The maximum Gasteiger partial charge on any atom is 0.221 e. The number of benzene rings is 1. The minimum absolute atomic E-state index is 0.0734. The molecule has 0 heterocycles. The molecule has 0 unspecified atom stereocenters. The molecule has 3 heteroatoms. The van der Waals surface area contributed by atoms with Gasteiger partial charge in [-0.15, -0.1) is 12.3 Å². The summed E-state index contributed by atoms with van der Waals surface area (Å²) in [5, 5.41) is 5.88. The van der Waals surface area contributed by atoms with Gasteiger partial charge in [-0.05, 0) is 18.2 Å². The summed E-state index contributed by atoms with van der Waals surface area (Å²) in [5.74, 6) is 2.48. The van der Waals surface area contributed by atoms with Gasteiger partial charge in [0.15, 0.2) is 0 Å². The van der Waals surface area contributed by atoms with Crippen LogP contribution >= 0.6 is 0 Å². The summed E-state index contributed by atoms with van der Waals surface area (Å²) >= 11 is 0. The summed E-state index contributed by atoms with van der Waals surface area (Å²) in [5.41, 5.74) is 1.74. The van der Waals surface area contributed by atoms with Crippen LogP contribution in [0.5, 0.6) is 0 Å². The normalized spacial score (nSPS) is 9.07. The predicted molar refractivity (Wildman–Crippen MR) is 62.7 cm³/mol. The quantitative estimate of drug-likeness (QED) is 0.579. The summed E-state index contributed by atoms with van der Waals surface area (Å²) in [6, 6.07) is 7.52. The Bertz CT molecular complexity index is 379. The second-order valence-corrected chi connectivity index (χ2v) is 3.14. The number of rotatable bonds is 4. The Hall–Kier alpha value is -1.95. The van der Waals surface area contributed by atoms with Gasteiger partial charge in [0.2, 0.25) is 5.91 Å². The second kappa shape index (κ2) is 5.71. The molecule has 0 saturated heterocycles. The van der Waals surface area contributed by atoms with Gasteiger partial charge in [0.1, 0.15) is 0 Å². The number of anilines is 2. The third kappa shape index (κ3) is 4.19. The third-order valence-corrected chi connectivity index (χ3v) is 1.78. The molecule has 0 fully saturated rings. The van der Waals surface area contributed by atoms with Gasteiger partial charge in [0.25, 0.3) is 0 Å². The van der Waals surface area contributed by atoms with Crippen molar-refractivity contribution in [1.29, 1.82) is 0 Å². The molecule has 1 aromatic carbocycles. The van der Waals surface area contributed by atoms with Crippen LogP contribution in [0, 0.1) is 12.3 Å². The summed E-state index contributed by atoms with van der Waals surface area (Å²) in [6.07, 6.45) is 5.83. The summed E-state index contributed by atoms with van der Waals surface area (Å²) in [4.78, 5) is 10.8. The van der Waals surface area contributed by atoms with E-state index < -0.39 is 0 Å². The minimum Gasteiger partial charge on any atom is -0.384 e. The van der Waals surface area contributed by atoms with Gasteiger partial charge < -0.3 is 10.6 Å². The molecule has 1 rings (SSSR count). The maximum atomic E-state index is 10.8. The van der Waals surface area contributed by atoms with Crippen LogP contribution < -0.4 is 10.6 Å². The first-order chi connectivity index (χ1) is 7.22. The Labute approximate surface area is 89.9 Å². The zero-order valence-corrected chi connectivity index (χ0v) is 8.71. The molecule has 0 aliphatic carbocycles. The lowest BCUT2D eigenvalue weighted by Crippen LogP contribution is -2.06. The van der Waals surface area contributed by atoms with Crippen LogP contribution in [0.3, 0.4) is 0 Å². The van der Waals surface area contributed by atoms with Crippen molar-refractivity contribution in [3.05, 3.63) is 24.3 Å². The molecule has 0 spiro atoms. The van der Waals surface area contributed by atoms with E-state index in [9.17, 15) is 4.79 Å². The Morgan fingerprint density at radius 2 is 2.20 bits per heavy atom. The van der Waals surface area contributed by atoms with Gasteiger partial charge in [0, 0.05) is 31.3 Å². The molecule has 1 aromatic rings. The number of carbonyl (C=O) groups is 1. The Balaban J connectivity index is 2.58. The zero-order valence-electron chi connectivity index (χ0n) is 8.71. The predicted octanol–water partition coefficient (Wildman–Crippen LogP) is 2.08. The average molecular weight is 202 g/mol. The fourth-order valence-corrected chi connectivity index (χ4v) is 1.19. The number of terminal acetylenes is 1. The van der Waals surface area contributed by atoms with Crippen molar-refractivity contribution < 1.29 is 4.79 Å². The van der Waals surface area contributed by atoms with E-state index in [1.807, 2.05) is 24.3 Å². The van der Waals surface area contributed by atoms with Gasteiger partial charge in [-0.1, -0.05) is 6.07 Å². The molecular weight excluding hydrogens is 188 g/mol. The molecule has 1 amide bonds. The van der Waals surface area contributed by atoms with E-state index in [0.717, 1.165) is 17.9 Å². The molecule has 2 N–H and O–H groups in total. The number of hydrogen-bond donors (Lipinski definition) is 2. The van der Waals surface area contributed by atoms with Crippen LogP contribution in [0.2, 0.25) is 0 Å². The standard InChI is InChI=1S/C12H14N2O/c1-3-4-8-13-11-6-5-7-12(9-11)14-10(2)15/h1,5-7,9,13H,4,8H2,2H3,(H,14,15). The molecule has 0 saturated carbocycles. The van der Waals surface area contributed by atoms with E-state index in [4.69, 9.17) is 6.42 Å². The SMILES string of the molecule is C#CCCNc1cccc(NC(C)=O)c1. The highest BCUT2D eigenvalue weighted by molar-refractivity contribution is 5.89. The van der Waals surface area contributed by atoms with Crippen molar-refractivity contribution in [3.63, 3.8) is 0 Å². The van der Waals surface area contributed by atoms with E-state index >= 15 is 0 Å². The van der Waals surface area contributed by atoms with E-state index in [-0.39, 0.29) is 5.91 Å². The van der Waals surface area contributed by atoms with E-state index in [2.05, 4.69) is 16.6 Å². The highest BCUT2D eigenvalue weighted by Crippen LogP contribution is 2.14.